The smallest absolute Gasteiger partial charge is 0.216 e. The average molecular weight is 369 g/mol. The molecule has 26 heavy (non-hydrogen) atoms. The molecular formula is C22H28NO2P. The highest BCUT2D eigenvalue weighted by atomic mass is 31.1. The predicted molar refractivity (Wildman–Crippen MR) is 111 cm³/mol. The maximum absolute atomic E-state index is 6.66. The quantitative estimate of drug-likeness (QED) is 0.717. The van der Waals surface area contributed by atoms with Gasteiger partial charge in [0.05, 0.1) is 14.2 Å². The Kier molecular flexibility index (Phi) is 5.50. The van der Waals surface area contributed by atoms with Gasteiger partial charge in [0.25, 0.3) is 0 Å². The first-order chi connectivity index (χ1) is 12.3. The summed E-state index contributed by atoms with van der Waals surface area (Å²) in [4.78, 5) is 4.85. The molecule has 4 heteroatoms. The van der Waals surface area contributed by atoms with E-state index in [-0.39, 0.29) is 11.5 Å². The minimum absolute atomic E-state index is 0.0847. The highest BCUT2D eigenvalue weighted by Gasteiger charge is 2.39. The largest absolute Gasteiger partial charge is 0.477 e. The van der Waals surface area contributed by atoms with Crippen molar-refractivity contribution in [1.29, 1.82) is 0 Å². The van der Waals surface area contributed by atoms with Gasteiger partial charge in [0.1, 0.15) is 12.2 Å². The van der Waals surface area contributed by atoms with Gasteiger partial charge in [-0.25, -0.2) is 4.99 Å². The Hall–Kier alpha value is -1.70. The fourth-order valence-electron chi connectivity index (χ4n) is 2.80. The Labute approximate surface area is 158 Å². The zero-order valence-corrected chi connectivity index (χ0v) is 17.2. The number of ether oxygens (including phenoxy) is 1. The summed E-state index contributed by atoms with van der Waals surface area (Å²) < 4.78 is 12.6. The molecule has 3 nitrogen and oxygen atoms in total. The average Bonchev–Trinajstić information content (AvgIpc) is 3.13. The van der Waals surface area contributed by atoms with Crippen molar-refractivity contribution in [3.8, 4) is 0 Å². The van der Waals surface area contributed by atoms with Gasteiger partial charge >= 0.3 is 0 Å². The lowest BCUT2D eigenvalue weighted by Crippen LogP contribution is -2.36. The molecule has 138 valence electrons. The van der Waals surface area contributed by atoms with Crippen molar-refractivity contribution < 1.29 is 9.26 Å². The van der Waals surface area contributed by atoms with Crippen molar-refractivity contribution in [3.63, 3.8) is 0 Å². The summed E-state index contributed by atoms with van der Waals surface area (Å²) in [6.45, 7) is 11.3. The van der Waals surface area contributed by atoms with Crippen LogP contribution < -0.4 is 10.6 Å². The van der Waals surface area contributed by atoms with Crippen molar-refractivity contribution in [3.05, 3.63) is 60.7 Å². The van der Waals surface area contributed by atoms with Crippen LogP contribution in [0.15, 0.2) is 65.7 Å². The molecule has 1 heterocycles. The first-order valence-corrected chi connectivity index (χ1v) is 10.3. The zero-order valence-electron chi connectivity index (χ0n) is 16.3. The number of hydrogen-bond donors (Lipinski definition) is 0. The molecule has 0 amide bonds. The summed E-state index contributed by atoms with van der Waals surface area (Å²) in [7, 11) is -0.958. The third kappa shape index (κ3) is 4.34. The number of hydrogen-bond acceptors (Lipinski definition) is 3. The maximum atomic E-state index is 6.66. The van der Waals surface area contributed by atoms with E-state index in [1.165, 1.54) is 10.6 Å². The fourth-order valence-corrected chi connectivity index (χ4v) is 4.72. The third-order valence-corrected chi connectivity index (χ3v) is 6.64. The monoisotopic (exact) mass is 369 g/mol. The minimum atomic E-state index is -0.958. The van der Waals surface area contributed by atoms with Crippen LogP contribution in [0.1, 0.15) is 34.6 Å². The van der Waals surface area contributed by atoms with E-state index in [4.69, 9.17) is 14.3 Å². The third-order valence-electron chi connectivity index (χ3n) is 4.47. The molecule has 0 N–H and O–H groups in total. The highest BCUT2D eigenvalue weighted by molar-refractivity contribution is 7.68. The van der Waals surface area contributed by atoms with E-state index in [1.54, 1.807) is 0 Å². The summed E-state index contributed by atoms with van der Waals surface area (Å²) >= 11 is 0. The molecule has 0 fully saturated rings. The van der Waals surface area contributed by atoms with Crippen LogP contribution in [0, 0.1) is 5.41 Å². The van der Waals surface area contributed by atoms with E-state index in [9.17, 15) is 0 Å². The lowest BCUT2D eigenvalue weighted by Gasteiger charge is -2.30. The highest BCUT2D eigenvalue weighted by Crippen LogP contribution is 2.41. The van der Waals surface area contributed by atoms with Gasteiger partial charge in [-0.1, -0.05) is 81.4 Å². The fraction of sp³-hybridized carbons (Fsp3) is 0.409. The van der Waals surface area contributed by atoms with E-state index < -0.39 is 13.7 Å². The summed E-state index contributed by atoms with van der Waals surface area (Å²) in [5, 5.41) is 2.38. The normalized spacial score (nSPS) is 17.9. The standard InChI is InChI=1S/C22H28NO2P/c1-21(2,3)19-16-24-20(23-19)22(4,5)25-26(17-12-8-6-9-13-17)18-14-10-7-11-15-18/h6-15,19H,16H2,1-5H3. The first-order valence-electron chi connectivity index (χ1n) is 9.08. The van der Waals surface area contributed by atoms with E-state index in [2.05, 4.69) is 83.1 Å². The molecular weight excluding hydrogens is 341 g/mol. The molecule has 1 aliphatic heterocycles. The lowest BCUT2D eigenvalue weighted by atomic mass is 9.88. The molecule has 1 aliphatic rings. The molecule has 0 spiro atoms. The number of benzene rings is 2. The van der Waals surface area contributed by atoms with Crippen LogP contribution in [0.4, 0.5) is 0 Å². The number of nitrogens with zero attached hydrogens (tertiary/aromatic N) is 1. The molecule has 3 rings (SSSR count). The Bertz CT molecular complexity index is 711. The molecule has 1 unspecified atom stereocenters. The Balaban J connectivity index is 1.89. The van der Waals surface area contributed by atoms with Gasteiger partial charge in [0.15, 0.2) is 0 Å². The van der Waals surface area contributed by atoms with Crippen LogP contribution in [0.3, 0.4) is 0 Å². The Morgan fingerprint density at radius 3 is 1.81 bits per heavy atom. The van der Waals surface area contributed by atoms with Gasteiger partial charge in [-0.2, -0.15) is 0 Å². The molecule has 0 bridgehead atoms. The lowest BCUT2D eigenvalue weighted by molar-refractivity contribution is 0.160. The molecule has 0 saturated heterocycles. The maximum Gasteiger partial charge on any atom is 0.216 e. The molecule has 2 aromatic carbocycles. The minimum Gasteiger partial charge on any atom is -0.477 e. The van der Waals surface area contributed by atoms with Crippen LogP contribution in [0.25, 0.3) is 0 Å². The van der Waals surface area contributed by atoms with E-state index in [0.717, 1.165) is 0 Å². The summed E-state index contributed by atoms with van der Waals surface area (Å²) in [5.41, 5.74) is -0.501. The second kappa shape index (κ2) is 7.50. The SMILES string of the molecule is CC(C)(OP(c1ccccc1)c1ccccc1)C1=NC(C(C)(C)C)CO1. The van der Waals surface area contributed by atoms with Crippen molar-refractivity contribution in [2.24, 2.45) is 10.4 Å². The summed E-state index contributed by atoms with van der Waals surface area (Å²) in [6.07, 6.45) is 0. The second-order valence-electron chi connectivity index (χ2n) is 8.19. The second-order valence-corrected chi connectivity index (χ2v) is 10.00. The van der Waals surface area contributed by atoms with E-state index in [1.807, 2.05) is 12.1 Å². The van der Waals surface area contributed by atoms with Gasteiger partial charge in [-0.05, 0) is 19.3 Å². The van der Waals surface area contributed by atoms with Crippen molar-refractivity contribution >= 4 is 24.7 Å². The van der Waals surface area contributed by atoms with E-state index in [0.29, 0.717) is 12.5 Å². The van der Waals surface area contributed by atoms with Crippen LogP contribution in [-0.4, -0.2) is 24.1 Å². The van der Waals surface area contributed by atoms with Crippen LogP contribution in [0.2, 0.25) is 0 Å². The molecule has 0 aliphatic carbocycles. The number of aliphatic imine (C=N–C) groups is 1. The van der Waals surface area contributed by atoms with Gasteiger partial charge in [0.2, 0.25) is 5.90 Å². The van der Waals surface area contributed by atoms with E-state index >= 15 is 0 Å². The first kappa shape index (κ1) is 19.1. The van der Waals surface area contributed by atoms with Gasteiger partial charge < -0.3 is 9.26 Å². The topological polar surface area (TPSA) is 30.8 Å². The van der Waals surface area contributed by atoms with Crippen LogP contribution in [0.5, 0.6) is 0 Å². The van der Waals surface area contributed by atoms with Gasteiger partial charge in [-0.15, -0.1) is 0 Å². The van der Waals surface area contributed by atoms with Gasteiger partial charge in [0, 0.05) is 10.6 Å². The van der Waals surface area contributed by atoms with Crippen LogP contribution >= 0.6 is 8.15 Å². The molecule has 0 radical (unpaired) electrons. The van der Waals surface area contributed by atoms with Crippen molar-refractivity contribution in [2.75, 3.05) is 6.61 Å². The zero-order chi connectivity index (χ0) is 18.8. The predicted octanol–water partition coefficient (Wildman–Crippen LogP) is 4.67. The number of rotatable bonds is 5. The van der Waals surface area contributed by atoms with Crippen molar-refractivity contribution in [2.45, 2.75) is 46.3 Å². The molecule has 0 saturated carbocycles. The Morgan fingerprint density at radius 1 is 0.885 bits per heavy atom. The molecule has 2 aromatic rings. The Morgan fingerprint density at radius 2 is 1.38 bits per heavy atom. The van der Waals surface area contributed by atoms with Crippen molar-refractivity contribution in [1.82, 2.24) is 0 Å². The molecule has 1 atom stereocenters. The molecule has 0 aromatic heterocycles. The summed E-state index contributed by atoms with van der Waals surface area (Å²) in [5.74, 6) is 0.705. The van der Waals surface area contributed by atoms with Gasteiger partial charge in [-0.3, -0.25) is 0 Å². The summed E-state index contributed by atoms with van der Waals surface area (Å²) in [6, 6.07) is 21.0. The van der Waals surface area contributed by atoms with Crippen LogP contribution in [-0.2, 0) is 9.26 Å².